The minimum Gasteiger partial charge on any atom is -0.477 e. The molecule has 172 valence electrons. The van der Waals surface area contributed by atoms with E-state index >= 15 is 0 Å². The molecule has 0 atom stereocenters. The van der Waals surface area contributed by atoms with Crippen molar-refractivity contribution in [2.24, 2.45) is 5.92 Å². The van der Waals surface area contributed by atoms with Crippen molar-refractivity contribution in [2.45, 2.75) is 31.2 Å². The van der Waals surface area contributed by atoms with Gasteiger partial charge >= 0.3 is 0 Å². The van der Waals surface area contributed by atoms with Gasteiger partial charge in [0, 0.05) is 31.4 Å². The first kappa shape index (κ1) is 22.8. The number of aromatic nitrogens is 1. The number of carbonyl (C=O) groups excluding carboxylic acids is 1. The van der Waals surface area contributed by atoms with E-state index in [4.69, 9.17) is 4.74 Å². The Morgan fingerprint density at radius 2 is 1.88 bits per heavy atom. The van der Waals surface area contributed by atoms with Gasteiger partial charge in [0.1, 0.15) is 0 Å². The predicted octanol–water partition coefficient (Wildman–Crippen LogP) is 3.93. The number of rotatable bonds is 9. The van der Waals surface area contributed by atoms with Gasteiger partial charge in [-0.3, -0.25) is 9.10 Å². The number of pyridine rings is 1. The summed E-state index contributed by atoms with van der Waals surface area (Å²) in [5, 5.41) is 2.81. The molecule has 0 unspecified atom stereocenters. The Hall–Kier alpha value is -3.39. The lowest BCUT2D eigenvalue weighted by Crippen LogP contribution is -2.27. The minimum atomic E-state index is -3.81. The van der Waals surface area contributed by atoms with Gasteiger partial charge in [0.25, 0.3) is 15.9 Å². The standard InChI is InChI=1S/C25H27N3O4S/c1-18-6-11-22(12-7-18)28(2)33(30,31)23-5-3-4-21(14-23)25(29)27-16-20-10-13-24(26-15-20)32-17-19-8-9-19/h3-7,10-15,19H,8-9,16-17H2,1-2H3,(H,27,29). The lowest BCUT2D eigenvalue weighted by atomic mass is 10.2. The molecule has 4 rings (SSSR count). The topological polar surface area (TPSA) is 88.6 Å². The highest BCUT2D eigenvalue weighted by molar-refractivity contribution is 7.92. The second-order valence-electron chi connectivity index (χ2n) is 8.28. The Kier molecular flexibility index (Phi) is 6.65. The number of nitrogens with one attached hydrogen (secondary N) is 1. The van der Waals surface area contributed by atoms with Gasteiger partial charge in [0.15, 0.2) is 0 Å². The van der Waals surface area contributed by atoms with E-state index in [1.807, 2.05) is 25.1 Å². The summed E-state index contributed by atoms with van der Waals surface area (Å²) in [5.74, 6) is 0.869. The lowest BCUT2D eigenvalue weighted by Gasteiger charge is -2.20. The molecule has 0 spiro atoms. The summed E-state index contributed by atoms with van der Waals surface area (Å²) in [6.07, 6.45) is 4.10. The molecular formula is C25H27N3O4S. The number of benzene rings is 2. The number of nitrogens with zero attached hydrogens (tertiary/aromatic N) is 2. The number of anilines is 1. The van der Waals surface area contributed by atoms with E-state index < -0.39 is 10.0 Å². The highest BCUT2D eigenvalue weighted by Crippen LogP contribution is 2.29. The zero-order valence-corrected chi connectivity index (χ0v) is 19.5. The van der Waals surface area contributed by atoms with Gasteiger partial charge < -0.3 is 10.1 Å². The van der Waals surface area contributed by atoms with Crippen molar-refractivity contribution in [2.75, 3.05) is 18.0 Å². The third kappa shape index (κ3) is 5.70. The summed E-state index contributed by atoms with van der Waals surface area (Å²) in [6, 6.07) is 16.9. The molecule has 1 aromatic heterocycles. The molecule has 1 N–H and O–H groups in total. The van der Waals surface area contributed by atoms with E-state index in [-0.39, 0.29) is 22.9 Å². The highest BCUT2D eigenvalue weighted by Gasteiger charge is 2.23. The normalized spacial score (nSPS) is 13.4. The van der Waals surface area contributed by atoms with E-state index in [1.165, 1.54) is 36.3 Å². The number of carbonyl (C=O) groups is 1. The van der Waals surface area contributed by atoms with Crippen LogP contribution in [0.5, 0.6) is 5.88 Å². The van der Waals surface area contributed by atoms with Crippen LogP contribution in [0.15, 0.2) is 71.8 Å². The number of hydrogen-bond acceptors (Lipinski definition) is 5. The van der Waals surface area contributed by atoms with Crippen LogP contribution < -0.4 is 14.4 Å². The molecule has 0 aliphatic heterocycles. The van der Waals surface area contributed by atoms with Gasteiger partial charge in [-0.15, -0.1) is 0 Å². The summed E-state index contributed by atoms with van der Waals surface area (Å²) in [6.45, 7) is 2.91. The van der Waals surface area contributed by atoms with Gasteiger partial charge in [-0.25, -0.2) is 13.4 Å². The molecule has 3 aromatic rings. The second kappa shape index (κ2) is 9.62. The summed E-state index contributed by atoms with van der Waals surface area (Å²) in [4.78, 5) is 17.0. The van der Waals surface area contributed by atoms with Gasteiger partial charge in [0.2, 0.25) is 5.88 Å². The van der Waals surface area contributed by atoms with E-state index in [0.717, 1.165) is 11.1 Å². The minimum absolute atomic E-state index is 0.0528. The molecule has 1 amide bonds. The molecule has 1 aliphatic rings. The molecule has 33 heavy (non-hydrogen) atoms. The number of amides is 1. The molecule has 7 nitrogen and oxygen atoms in total. The molecule has 0 bridgehead atoms. The Labute approximate surface area is 194 Å². The van der Waals surface area contributed by atoms with Gasteiger partial charge in [-0.2, -0.15) is 0 Å². The highest BCUT2D eigenvalue weighted by atomic mass is 32.2. The van der Waals surface area contributed by atoms with Crippen LogP contribution in [0.3, 0.4) is 0 Å². The van der Waals surface area contributed by atoms with Crippen molar-refractivity contribution in [1.29, 1.82) is 0 Å². The van der Waals surface area contributed by atoms with Crippen LogP contribution in [0, 0.1) is 12.8 Å². The fourth-order valence-corrected chi connectivity index (χ4v) is 4.46. The maximum absolute atomic E-state index is 13.1. The van der Waals surface area contributed by atoms with Gasteiger partial charge in [-0.05, 0) is 61.6 Å². The maximum atomic E-state index is 13.1. The first-order valence-electron chi connectivity index (χ1n) is 10.8. The number of sulfonamides is 1. The largest absolute Gasteiger partial charge is 0.477 e. The number of aryl methyl sites for hydroxylation is 1. The van der Waals surface area contributed by atoms with Crippen LogP contribution in [-0.2, 0) is 16.6 Å². The Balaban J connectivity index is 1.40. The third-order valence-corrected chi connectivity index (χ3v) is 7.35. The van der Waals surface area contributed by atoms with E-state index in [0.29, 0.717) is 24.1 Å². The molecule has 1 saturated carbocycles. The summed E-state index contributed by atoms with van der Waals surface area (Å²) >= 11 is 0. The van der Waals surface area contributed by atoms with Crippen molar-refractivity contribution in [3.05, 3.63) is 83.6 Å². The molecular weight excluding hydrogens is 438 g/mol. The van der Waals surface area contributed by atoms with Crippen molar-refractivity contribution < 1.29 is 17.9 Å². The first-order chi connectivity index (χ1) is 15.8. The molecule has 1 fully saturated rings. The van der Waals surface area contributed by atoms with Crippen LogP contribution in [0.1, 0.15) is 34.3 Å². The van der Waals surface area contributed by atoms with Gasteiger partial charge in [0.05, 0.1) is 17.2 Å². The zero-order chi connectivity index (χ0) is 23.4. The monoisotopic (exact) mass is 465 g/mol. The summed E-state index contributed by atoms with van der Waals surface area (Å²) in [5.41, 5.74) is 2.68. The van der Waals surface area contributed by atoms with Crippen molar-refractivity contribution in [3.63, 3.8) is 0 Å². The van der Waals surface area contributed by atoms with Crippen molar-refractivity contribution >= 4 is 21.6 Å². The van der Waals surface area contributed by atoms with E-state index in [9.17, 15) is 13.2 Å². The Bertz CT molecular complexity index is 1220. The Morgan fingerprint density at radius 1 is 1.12 bits per heavy atom. The quantitative estimate of drug-likeness (QED) is 0.517. The molecule has 0 saturated heterocycles. The average Bonchev–Trinajstić information content (AvgIpc) is 3.66. The van der Waals surface area contributed by atoms with Gasteiger partial charge in [-0.1, -0.05) is 29.8 Å². The molecule has 1 aliphatic carbocycles. The summed E-state index contributed by atoms with van der Waals surface area (Å²) in [7, 11) is -2.31. The van der Waals surface area contributed by atoms with E-state index in [1.54, 1.807) is 36.5 Å². The van der Waals surface area contributed by atoms with Crippen LogP contribution >= 0.6 is 0 Å². The maximum Gasteiger partial charge on any atom is 0.264 e. The van der Waals surface area contributed by atoms with Crippen molar-refractivity contribution in [1.82, 2.24) is 10.3 Å². The fraction of sp³-hybridized carbons (Fsp3) is 0.280. The lowest BCUT2D eigenvalue weighted by molar-refractivity contribution is 0.0950. The predicted molar refractivity (Wildman–Crippen MR) is 127 cm³/mol. The summed E-state index contributed by atoms with van der Waals surface area (Å²) < 4.78 is 33.0. The third-order valence-electron chi connectivity index (χ3n) is 5.57. The van der Waals surface area contributed by atoms with Crippen molar-refractivity contribution in [3.8, 4) is 5.88 Å². The Morgan fingerprint density at radius 3 is 2.55 bits per heavy atom. The van der Waals surface area contributed by atoms with Crippen LogP contribution in [0.2, 0.25) is 0 Å². The second-order valence-corrected chi connectivity index (χ2v) is 10.2. The first-order valence-corrected chi connectivity index (χ1v) is 12.3. The van der Waals surface area contributed by atoms with E-state index in [2.05, 4.69) is 10.3 Å². The smallest absolute Gasteiger partial charge is 0.264 e. The molecule has 8 heteroatoms. The average molecular weight is 466 g/mol. The van der Waals surface area contributed by atoms with Crippen LogP contribution in [-0.4, -0.2) is 33.0 Å². The molecule has 0 radical (unpaired) electrons. The SMILES string of the molecule is Cc1ccc(N(C)S(=O)(=O)c2cccc(C(=O)NCc3ccc(OCC4CC4)nc3)c2)cc1. The number of hydrogen-bond donors (Lipinski definition) is 1. The number of ether oxygens (including phenoxy) is 1. The van der Waals surface area contributed by atoms with Crippen LogP contribution in [0.4, 0.5) is 5.69 Å². The zero-order valence-electron chi connectivity index (χ0n) is 18.7. The molecule has 1 heterocycles. The van der Waals surface area contributed by atoms with Crippen LogP contribution in [0.25, 0.3) is 0 Å². The molecule has 2 aromatic carbocycles. The fourth-order valence-electron chi connectivity index (χ4n) is 3.22.